The summed E-state index contributed by atoms with van der Waals surface area (Å²) in [7, 11) is 0. The van der Waals surface area contributed by atoms with Gasteiger partial charge in [-0.3, -0.25) is 4.79 Å². The largest absolute Gasteiger partial charge is 0.492 e. The maximum Gasteiger partial charge on any atom is 0.238 e. The van der Waals surface area contributed by atoms with Crippen LogP contribution in [0.5, 0.6) is 5.75 Å². The number of halogens is 2. The second-order valence-corrected chi connectivity index (χ2v) is 4.70. The van der Waals surface area contributed by atoms with E-state index in [1.807, 2.05) is 6.92 Å². The molecule has 2 N–H and O–H groups in total. The van der Waals surface area contributed by atoms with Gasteiger partial charge in [-0.2, -0.15) is 0 Å². The van der Waals surface area contributed by atoms with Gasteiger partial charge in [0.1, 0.15) is 11.6 Å². The molecule has 2 rings (SSSR count). The Hall–Kier alpha value is -1.33. The summed E-state index contributed by atoms with van der Waals surface area (Å²) in [5, 5.41) is 5.83. The van der Waals surface area contributed by atoms with Gasteiger partial charge in [-0.15, -0.1) is 12.4 Å². The van der Waals surface area contributed by atoms with E-state index in [9.17, 15) is 9.18 Å². The molecule has 0 aliphatic heterocycles. The first-order valence-electron chi connectivity index (χ1n) is 6.62. The number of carbonyl (C=O) groups excluding carboxylic acids is 1. The quantitative estimate of drug-likeness (QED) is 0.814. The van der Waals surface area contributed by atoms with Gasteiger partial charge < -0.3 is 15.4 Å². The Morgan fingerprint density at radius 1 is 1.45 bits per heavy atom. The van der Waals surface area contributed by atoms with Crippen LogP contribution in [0.1, 0.15) is 19.8 Å². The minimum Gasteiger partial charge on any atom is -0.492 e. The molecule has 6 heteroatoms. The molecule has 0 bridgehead atoms. The third kappa shape index (κ3) is 5.35. The average molecular weight is 303 g/mol. The summed E-state index contributed by atoms with van der Waals surface area (Å²) in [6.07, 6.45) is 2.50. The monoisotopic (exact) mass is 302 g/mol. The van der Waals surface area contributed by atoms with Gasteiger partial charge in [0.25, 0.3) is 0 Å². The number of amides is 1. The lowest BCUT2D eigenvalue weighted by atomic mass is 10.2. The van der Waals surface area contributed by atoms with Crippen LogP contribution in [-0.4, -0.2) is 25.6 Å². The topological polar surface area (TPSA) is 50.4 Å². The van der Waals surface area contributed by atoms with E-state index in [0.717, 1.165) is 12.5 Å². The fourth-order valence-electron chi connectivity index (χ4n) is 1.78. The molecule has 0 heterocycles. The van der Waals surface area contributed by atoms with E-state index in [0.29, 0.717) is 18.0 Å². The summed E-state index contributed by atoms with van der Waals surface area (Å²) >= 11 is 0. The molecule has 20 heavy (non-hydrogen) atoms. The molecular weight excluding hydrogens is 283 g/mol. The summed E-state index contributed by atoms with van der Waals surface area (Å²) in [5.74, 6) is 0.567. The van der Waals surface area contributed by atoms with Crippen LogP contribution >= 0.6 is 12.4 Å². The summed E-state index contributed by atoms with van der Waals surface area (Å²) in [6.45, 7) is 3.38. The number of hydrogen-bond donors (Lipinski definition) is 2. The van der Waals surface area contributed by atoms with E-state index in [1.165, 1.54) is 31.0 Å². The van der Waals surface area contributed by atoms with Crippen molar-refractivity contribution in [3.05, 3.63) is 24.0 Å². The predicted octanol–water partition coefficient (Wildman–Crippen LogP) is 2.58. The Labute approximate surface area is 124 Å². The molecule has 1 aliphatic carbocycles. The molecular formula is C14H20ClFN2O2. The maximum absolute atomic E-state index is 13.1. The van der Waals surface area contributed by atoms with Gasteiger partial charge in [-0.25, -0.2) is 4.39 Å². The van der Waals surface area contributed by atoms with Gasteiger partial charge in [0, 0.05) is 6.07 Å². The zero-order valence-corrected chi connectivity index (χ0v) is 12.3. The number of carbonyl (C=O) groups is 1. The van der Waals surface area contributed by atoms with E-state index in [2.05, 4.69) is 10.6 Å². The minimum absolute atomic E-state index is 0. The zero-order chi connectivity index (χ0) is 13.7. The van der Waals surface area contributed by atoms with E-state index in [4.69, 9.17) is 4.74 Å². The van der Waals surface area contributed by atoms with Gasteiger partial charge in [0.2, 0.25) is 5.91 Å². The first-order valence-corrected chi connectivity index (χ1v) is 6.62. The van der Waals surface area contributed by atoms with Gasteiger partial charge in [0.05, 0.1) is 18.8 Å². The van der Waals surface area contributed by atoms with E-state index < -0.39 is 0 Å². The van der Waals surface area contributed by atoms with Gasteiger partial charge >= 0.3 is 0 Å². The Balaban J connectivity index is 0.00000200. The van der Waals surface area contributed by atoms with E-state index >= 15 is 0 Å². The first kappa shape index (κ1) is 16.7. The Morgan fingerprint density at radius 3 is 2.85 bits per heavy atom. The summed E-state index contributed by atoms with van der Waals surface area (Å²) in [5.41, 5.74) is 0.501. The average Bonchev–Trinajstić information content (AvgIpc) is 3.17. The van der Waals surface area contributed by atoms with E-state index in [-0.39, 0.29) is 30.7 Å². The molecule has 0 spiro atoms. The number of rotatable bonds is 7. The van der Waals surface area contributed by atoms with Crippen molar-refractivity contribution in [3.8, 4) is 5.75 Å². The molecule has 1 fully saturated rings. The molecule has 0 atom stereocenters. The minimum atomic E-state index is -0.381. The molecule has 1 aromatic rings. The SMILES string of the molecule is CCOc1cc(F)ccc1NC(=O)CNCC1CC1.Cl. The van der Waals surface area contributed by atoms with Crippen molar-refractivity contribution in [3.63, 3.8) is 0 Å². The molecule has 0 aromatic heterocycles. The van der Waals surface area contributed by atoms with Crippen LogP contribution in [0.25, 0.3) is 0 Å². The second kappa shape index (κ2) is 8.07. The molecule has 0 radical (unpaired) electrons. The van der Waals surface area contributed by atoms with Crippen LogP contribution < -0.4 is 15.4 Å². The predicted molar refractivity (Wildman–Crippen MR) is 79.0 cm³/mol. The van der Waals surface area contributed by atoms with Crippen molar-refractivity contribution in [2.45, 2.75) is 19.8 Å². The molecule has 1 aromatic carbocycles. The Bertz CT molecular complexity index is 453. The zero-order valence-electron chi connectivity index (χ0n) is 11.4. The number of ether oxygens (including phenoxy) is 1. The van der Waals surface area contributed by atoms with Crippen molar-refractivity contribution < 1.29 is 13.9 Å². The number of anilines is 1. The van der Waals surface area contributed by atoms with Gasteiger partial charge in [-0.05, 0) is 44.4 Å². The third-order valence-electron chi connectivity index (χ3n) is 2.93. The van der Waals surface area contributed by atoms with Crippen molar-refractivity contribution >= 4 is 24.0 Å². The van der Waals surface area contributed by atoms with Crippen LogP contribution in [0, 0.1) is 11.7 Å². The standard InChI is InChI=1S/C14H19FN2O2.ClH/c1-2-19-13-7-11(15)5-6-12(13)17-14(18)9-16-8-10-3-4-10;/h5-7,10,16H,2-4,8-9H2,1H3,(H,17,18);1H. The fourth-order valence-corrected chi connectivity index (χ4v) is 1.78. The highest BCUT2D eigenvalue weighted by Crippen LogP contribution is 2.27. The molecule has 112 valence electrons. The highest BCUT2D eigenvalue weighted by atomic mass is 35.5. The lowest BCUT2D eigenvalue weighted by Crippen LogP contribution is -2.29. The molecule has 1 amide bonds. The Kier molecular flexibility index (Phi) is 6.75. The van der Waals surface area contributed by atoms with Gasteiger partial charge in [-0.1, -0.05) is 0 Å². The summed E-state index contributed by atoms with van der Waals surface area (Å²) < 4.78 is 18.4. The number of nitrogens with one attached hydrogen (secondary N) is 2. The normalized spacial score (nSPS) is 13.5. The van der Waals surface area contributed by atoms with E-state index in [1.54, 1.807) is 0 Å². The summed E-state index contributed by atoms with van der Waals surface area (Å²) in [6, 6.07) is 4.09. The van der Waals surface area contributed by atoms with Crippen LogP contribution in [0.3, 0.4) is 0 Å². The molecule has 0 unspecified atom stereocenters. The van der Waals surface area contributed by atoms with Gasteiger partial charge in [0.15, 0.2) is 0 Å². The lowest BCUT2D eigenvalue weighted by Gasteiger charge is -2.11. The van der Waals surface area contributed by atoms with Crippen LogP contribution in [-0.2, 0) is 4.79 Å². The number of benzene rings is 1. The second-order valence-electron chi connectivity index (χ2n) is 4.70. The third-order valence-corrected chi connectivity index (χ3v) is 2.93. The molecule has 0 saturated heterocycles. The molecule has 1 aliphatic rings. The van der Waals surface area contributed by atoms with Crippen molar-refractivity contribution in [1.29, 1.82) is 0 Å². The lowest BCUT2D eigenvalue weighted by molar-refractivity contribution is -0.115. The van der Waals surface area contributed by atoms with Crippen molar-refractivity contribution in [1.82, 2.24) is 5.32 Å². The van der Waals surface area contributed by atoms with Crippen molar-refractivity contribution in [2.24, 2.45) is 5.92 Å². The molecule has 1 saturated carbocycles. The molecule has 4 nitrogen and oxygen atoms in total. The van der Waals surface area contributed by atoms with Crippen molar-refractivity contribution in [2.75, 3.05) is 25.0 Å². The van der Waals surface area contributed by atoms with Crippen LogP contribution in [0.2, 0.25) is 0 Å². The number of hydrogen-bond acceptors (Lipinski definition) is 3. The smallest absolute Gasteiger partial charge is 0.238 e. The highest BCUT2D eigenvalue weighted by molar-refractivity contribution is 5.93. The first-order chi connectivity index (χ1) is 9.19. The fraction of sp³-hybridized carbons (Fsp3) is 0.500. The highest BCUT2D eigenvalue weighted by Gasteiger charge is 2.20. The maximum atomic E-state index is 13.1. The summed E-state index contributed by atoms with van der Waals surface area (Å²) in [4.78, 5) is 11.7. The van der Waals surface area contributed by atoms with Crippen LogP contribution in [0.4, 0.5) is 10.1 Å². The van der Waals surface area contributed by atoms with Crippen LogP contribution in [0.15, 0.2) is 18.2 Å². The Morgan fingerprint density at radius 2 is 2.20 bits per heavy atom.